The summed E-state index contributed by atoms with van der Waals surface area (Å²) in [6, 6.07) is 11.5. The molecule has 0 amide bonds. The van der Waals surface area contributed by atoms with Crippen molar-refractivity contribution in [2.24, 2.45) is 0 Å². The monoisotopic (exact) mass is 290 g/mol. The Morgan fingerprint density at radius 3 is 2.55 bits per heavy atom. The van der Waals surface area contributed by atoms with E-state index in [9.17, 15) is 12.8 Å². The van der Waals surface area contributed by atoms with Crippen molar-refractivity contribution in [1.29, 1.82) is 5.26 Å². The highest BCUT2D eigenvalue weighted by Gasteiger charge is 2.17. The molecule has 0 aromatic heterocycles. The van der Waals surface area contributed by atoms with Gasteiger partial charge >= 0.3 is 0 Å². The van der Waals surface area contributed by atoms with Crippen molar-refractivity contribution < 1.29 is 12.8 Å². The summed E-state index contributed by atoms with van der Waals surface area (Å²) < 4.78 is 39.7. The molecule has 102 valence electrons. The van der Waals surface area contributed by atoms with E-state index in [-0.39, 0.29) is 16.1 Å². The lowest BCUT2D eigenvalue weighted by Crippen LogP contribution is -2.14. The Kier molecular flexibility index (Phi) is 3.72. The third kappa shape index (κ3) is 2.78. The fraction of sp³-hybridized carbons (Fsp3) is 0.0714. The number of rotatable bonds is 3. The minimum absolute atomic E-state index is 0.178. The van der Waals surface area contributed by atoms with Gasteiger partial charge in [-0.1, -0.05) is 18.2 Å². The summed E-state index contributed by atoms with van der Waals surface area (Å²) in [6.07, 6.45) is 0. The minimum atomic E-state index is -3.93. The first-order chi connectivity index (χ1) is 9.44. The number of hydrogen-bond donors (Lipinski definition) is 1. The van der Waals surface area contributed by atoms with E-state index in [0.717, 1.165) is 12.1 Å². The fourth-order valence-corrected chi connectivity index (χ4v) is 2.84. The molecule has 6 heteroatoms. The number of benzene rings is 2. The van der Waals surface area contributed by atoms with Gasteiger partial charge in [-0.2, -0.15) is 5.26 Å². The molecule has 0 aliphatic rings. The molecular weight excluding hydrogens is 279 g/mol. The predicted molar refractivity (Wildman–Crippen MR) is 73.1 cm³/mol. The molecule has 0 atom stereocenters. The number of nitrogens with zero attached hydrogens (tertiary/aromatic N) is 1. The fourth-order valence-electron chi connectivity index (χ4n) is 1.74. The first-order valence-corrected chi connectivity index (χ1v) is 7.20. The normalized spacial score (nSPS) is 10.8. The Morgan fingerprint density at radius 2 is 1.90 bits per heavy atom. The van der Waals surface area contributed by atoms with E-state index in [0.29, 0.717) is 5.56 Å². The zero-order valence-corrected chi connectivity index (χ0v) is 11.4. The van der Waals surface area contributed by atoms with Gasteiger partial charge in [0.15, 0.2) is 0 Å². The number of anilines is 1. The molecule has 0 saturated heterocycles. The standard InChI is InChI=1S/C14H11FN2O2S/c1-10-4-2-7-14(13(10)9-16)17-20(18,19)12-6-3-5-11(15)8-12/h2-8,17H,1H3. The molecule has 0 unspecified atom stereocenters. The van der Waals surface area contributed by atoms with Gasteiger partial charge in [0.2, 0.25) is 0 Å². The topological polar surface area (TPSA) is 70.0 Å². The van der Waals surface area contributed by atoms with Gasteiger partial charge in [0.1, 0.15) is 11.9 Å². The molecule has 0 aliphatic carbocycles. The Labute approximate surface area is 116 Å². The third-order valence-corrected chi connectivity index (χ3v) is 4.10. The van der Waals surface area contributed by atoms with Gasteiger partial charge in [-0.05, 0) is 36.8 Å². The van der Waals surface area contributed by atoms with Crippen molar-refractivity contribution in [3.05, 3.63) is 59.4 Å². The maximum atomic E-state index is 13.1. The maximum Gasteiger partial charge on any atom is 0.262 e. The van der Waals surface area contributed by atoms with Crippen molar-refractivity contribution in [3.8, 4) is 6.07 Å². The molecule has 20 heavy (non-hydrogen) atoms. The summed E-state index contributed by atoms with van der Waals surface area (Å²) >= 11 is 0. The average Bonchev–Trinajstić information content (AvgIpc) is 2.38. The van der Waals surface area contributed by atoms with E-state index in [1.165, 1.54) is 18.2 Å². The molecule has 0 heterocycles. The van der Waals surface area contributed by atoms with E-state index in [1.807, 2.05) is 6.07 Å². The number of aryl methyl sites for hydroxylation is 1. The molecular formula is C14H11FN2O2S. The van der Waals surface area contributed by atoms with Crippen molar-refractivity contribution in [2.45, 2.75) is 11.8 Å². The largest absolute Gasteiger partial charge is 0.278 e. The number of hydrogen-bond acceptors (Lipinski definition) is 3. The highest BCUT2D eigenvalue weighted by atomic mass is 32.2. The second kappa shape index (κ2) is 5.31. The average molecular weight is 290 g/mol. The van der Waals surface area contributed by atoms with Gasteiger partial charge in [0, 0.05) is 0 Å². The summed E-state index contributed by atoms with van der Waals surface area (Å²) in [5.41, 5.74) is 1.08. The van der Waals surface area contributed by atoms with Gasteiger partial charge in [-0.3, -0.25) is 4.72 Å². The van der Waals surface area contributed by atoms with E-state index in [2.05, 4.69) is 4.72 Å². The van der Waals surface area contributed by atoms with Gasteiger partial charge in [-0.15, -0.1) is 0 Å². The molecule has 0 saturated carbocycles. The molecule has 0 bridgehead atoms. The summed E-state index contributed by atoms with van der Waals surface area (Å²) in [5.74, 6) is -0.641. The Hall–Kier alpha value is -2.39. The number of nitriles is 1. The molecule has 2 rings (SSSR count). The molecule has 2 aromatic carbocycles. The maximum absolute atomic E-state index is 13.1. The van der Waals surface area contributed by atoms with Crippen LogP contribution in [0.1, 0.15) is 11.1 Å². The summed E-state index contributed by atoms with van der Waals surface area (Å²) in [7, 11) is -3.93. The lowest BCUT2D eigenvalue weighted by atomic mass is 10.1. The Morgan fingerprint density at radius 1 is 1.20 bits per heavy atom. The first-order valence-electron chi connectivity index (χ1n) is 5.72. The summed E-state index contributed by atoms with van der Waals surface area (Å²) in [5, 5.41) is 9.07. The van der Waals surface area contributed by atoms with Crippen molar-refractivity contribution >= 4 is 15.7 Å². The molecule has 0 aliphatic heterocycles. The van der Waals surface area contributed by atoms with E-state index >= 15 is 0 Å². The minimum Gasteiger partial charge on any atom is -0.278 e. The van der Waals surface area contributed by atoms with Crippen LogP contribution in [0.2, 0.25) is 0 Å². The summed E-state index contributed by atoms with van der Waals surface area (Å²) in [4.78, 5) is -0.192. The van der Waals surface area contributed by atoms with Crippen LogP contribution in [0.25, 0.3) is 0 Å². The van der Waals surface area contributed by atoms with Crippen molar-refractivity contribution in [2.75, 3.05) is 4.72 Å². The van der Waals surface area contributed by atoms with Crippen LogP contribution in [0.5, 0.6) is 0 Å². The zero-order chi connectivity index (χ0) is 14.8. The summed E-state index contributed by atoms with van der Waals surface area (Å²) in [6.45, 7) is 1.71. The van der Waals surface area contributed by atoms with Crippen LogP contribution in [-0.4, -0.2) is 8.42 Å². The van der Waals surface area contributed by atoms with Gasteiger partial charge < -0.3 is 0 Å². The highest BCUT2D eigenvalue weighted by Crippen LogP contribution is 2.22. The molecule has 4 nitrogen and oxygen atoms in total. The number of halogens is 1. The van der Waals surface area contributed by atoms with Gasteiger partial charge in [0.25, 0.3) is 10.0 Å². The van der Waals surface area contributed by atoms with Gasteiger partial charge in [-0.25, -0.2) is 12.8 Å². The van der Waals surface area contributed by atoms with Crippen molar-refractivity contribution in [3.63, 3.8) is 0 Å². The van der Waals surface area contributed by atoms with Crippen LogP contribution in [-0.2, 0) is 10.0 Å². The number of sulfonamides is 1. The van der Waals surface area contributed by atoms with Crippen LogP contribution in [0.4, 0.5) is 10.1 Å². The van der Waals surface area contributed by atoms with Crippen LogP contribution >= 0.6 is 0 Å². The predicted octanol–water partition coefficient (Wildman–Crippen LogP) is 2.81. The van der Waals surface area contributed by atoms with E-state index < -0.39 is 15.8 Å². The third-order valence-electron chi connectivity index (χ3n) is 2.74. The number of nitrogens with one attached hydrogen (secondary N) is 1. The second-order valence-corrected chi connectivity index (χ2v) is 5.85. The SMILES string of the molecule is Cc1cccc(NS(=O)(=O)c2cccc(F)c2)c1C#N. The smallest absolute Gasteiger partial charge is 0.262 e. The van der Waals surface area contributed by atoms with Crippen LogP contribution in [0, 0.1) is 24.1 Å². The lowest BCUT2D eigenvalue weighted by Gasteiger charge is -2.10. The second-order valence-electron chi connectivity index (χ2n) is 4.17. The van der Waals surface area contributed by atoms with Crippen molar-refractivity contribution in [1.82, 2.24) is 0 Å². The quantitative estimate of drug-likeness (QED) is 0.945. The van der Waals surface area contributed by atoms with Crippen LogP contribution in [0.3, 0.4) is 0 Å². The molecule has 1 N–H and O–H groups in total. The molecule has 2 aromatic rings. The first kappa shape index (κ1) is 14.0. The van der Waals surface area contributed by atoms with Crippen LogP contribution in [0.15, 0.2) is 47.4 Å². The Balaban J connectivity index is 2.45. The highest BCUT2D eigenvalue weighted by molar-refractivity contribution is 7.92. The van der Waals surface area contributed by atoms with Crippen LogP contribution < -0.4 is 4.72 Å². The molecule has 0 fully saturated rings. The molecule has 0 radical (unpaired) electrons. The lowest BCUT2D eigenvalue weighted by molar-refractivity contribution is 0.595. The Bertz CT molecular complexity index is 795. The van der Waals surface area contributed by atoms with E-state index in [1.54, 1.807) is 19.1 Å². The van der Waals surface area contributed by atoms with Gasteiger partial charge in [0.05, 0.1) is 16.1 Å². The molecule has 0 spiro atoms. The zero-order valence-electron chi connectivity index (χ0n) is 10.6. The van der Waals surface area contributed by atoms with E-state index in [4.69, 9.17) is 5.26 Å².